The van der Waals surface area contributed by atoms with Crippen LogP contribution in [-0.2, 0) is 5.75 Å². The summed E-state index contributed by atoms with van der Waals surface area (Å²) in [6.07, 6.45) is 3.81. The highest BCUT2D eigenvalue weighted by Crippen LogP contribution is 2.29. The maximum absolute atomic E-state index is 12.3. The Hall–Kier alpha value is -1.20. The molecule has 0 radical (unpaired) electrons. The van der Waals surface area contributed by atoms with Gasteiger partial charge in [-0.25, -0.2) is 4.79 Å². The molecule has 0 atom stereocenters. The molecule has 1 aliphatic rings. The number of anilines is 1. The van der Waals surface area contributed by atoms with E-state index in [0.29, 0.717) is 5.25 Å². The number of amides is 2. The molecule has 1 fully saturated rings. The molecule has 0 aliphatic heterocycles. The molecule has 0 saturated heterocycles. The van der Waals surface area contributed by atoms with Crippen molar-refractivity contribution in [3.63, 3.8) is 0 Å². The number of carbonyl (C=O) groups excluding carboxylic acids is 1. The standard InChI is InChI=1S/C18H28N2O2S/c1-13(2)23-11-15-7-6-8-16(14(15)3)19-17(22)20-18(12-21)9-4-5-10-18/h6-8,13,21H,4-5,9-12H2,1-3H3,(H2,19,20,22). The van der Waals surface area contributed by atoms with E-state index in [0.717, 1.165) is 42.7 Å². The van der Waals surface area contributed by atoms with Gasteiger partial charge in [-0.1, -0.05) is 38.8 Å². The predicted molar refractivity (Wildman–Crippen MR) is 98.0 cm³/mol. The smallest absolute Gasteiger partial charge is 0.319 e. The molecule has 0 unspecified atom stereocenters. The van der Waals surface area contributed by atoms with Gasteiger partial charge in [0, 0.05) is 11.4 Å². The summed E-state index contributed by atoms with van der Waals surface area (Å²) in [7, 11) is 0. The lowest BCUT2D eigenvalue weighted by Gasteiger charge is -2.28. The van der Waals surface area contributed by atoms with Gasteiger partial charge in [0.2, 0.25) is 0 Å². The van der Waals surface area contributed by atoms with Crippen molar-refractivity contribution in [2.24, 2.45) is 0 Å². The van der Waals surface area contributed by atoms with Crippen LogP contribution in [0.25, 0.3) is 0 Å². The van der Waals surface area contributed by atoms with Crippen molar-refractivity contribution in [2.75, 3.05) is 11.9 Å². The summed E-state index contributed by atoms with van der Waals surface area (Å²) < 4.78 is 0. The fourth-order valence-electron chi connectivity index (χ4n) is 3.00. The number of urea groups is 1. The number of nitrogens with one attached hydrogen (secondary N) is 2. The van der Waals surface area contributed by atoms with Crippen molar-refractivity contribution < 1.29 is 9.90 Å². The van der Waals surface area contributed by atoms with Crippen molar-refractivity contribution in [2.45, 2.75) is 63.0 Å². The number of rotatable bonds is 6. The van der Waals surface area contributed by atoms with E-state index >= 15 is 0 Å². The van der Waals surface area contributed by atoms with Gasteiger partial charge < -0.3 is 15.7 Å². The van der Waals surface area contributed by atoms with Gasteiger partial charge in [0.1, 0.15) is 0 Å². The SMILES string of the molecule is Cc1c(CSC(C)C)cccc1NC(=O)NC1(CO)CCCC1. The molecule has 2 rings (SSSR count). The van der Waals surface area contributed by atoms with Crippen LogP contribution in [0, 0.1) is 6.92 Å². The van der Waals surface area contributed by atoms with Gasteiger partial charge in [0.15, 0.2) is 0 Å². The summed E-state index contributed by atoms with van der Waals surface area (Å²) in [5.74, 6) is 0.946. The highest BCUT2D eigenvalue weighted by molar-refractivity contribution is 7.99. The highest BCUT2D eigenvalue weighted by atomic mass is 32.2. The minimum Gasteiger partial charge on any atom is -0.394 e. The summed E-state index contributed by atoms with van der Waals surface area (Å²) in [6, 6.07) is 5.80. The van der Waals surface area contributed by atoms with Crippen molar-refractivity contribution in [1.29, 1.82) is 0 Å². The first kappa shape index (κ1) is 18.1. The van der Waals surface area contributed by atoms with Crippen LogP contribution in [0.5, 0.6) is 0 Å². The molecule has 4 nitrogen and oxygen atoms in total. The van der Waals surface area contributed by atoms with Gasteiger partial charge in [-0.15, -0.1) is 0 Å². The normalized spacial score (nSPS) is 16.6. The zero-order chi connectivity index (χ0) is 16.9. The summed E-state index contributed by atoms with van der Waals surface area (Å²) in [4.78, 5) is 12.3. The monoisotopic (exact) mass is 336 g/mol. The van der Waals surface area contributed by atoms with Gasteiger partial charge in [-0.2, -0.15) is 11.8 Å². The third-order valence-corrected chi connectivity index (χ3v) is 5.65. The van der Waals surface area contributed by atoms with E-state index in [4.69, 9.17) is 0 Å². The summed E-state index contributed by atoms with van der Waals surface area (Å²) in [5.41, 5.74) is 2.76. The highest BCUT2D eigenvalue weighted by Gasteiger charge is 2.34. The first-order valence-corrected chi connectivity index (χ1v) is 9.41. The summed E-state index contributed by atoms with van der Waals surface area (Å²) >= 11 is 1.89. The van der Waals surface area contributed by atoms with E-state index in [2.05, 4.69) is 30.5 Å². The molecule has 0 spiro atoms. The average molecular weight is 337 g/mol. The third-order valence-electron chi connectivity index (χ3n) is 4.51. The summed E-state index contributed by atoms with van der Waals surface area (Å²) in [6.45, 7) is 6.42. The maximum Gasteiger partial charge on any atom is 0.319 e. The number of hydrogen-bond donors (Lipinski definition) is 3. The zero-order valence-electron chi connectivity index (χ0n) is 14.3. The first-order chi connectivity index (χ1) is 11.0. The van der Waals surface area contributed by atoms with Crippen LogP contribution in [0.3, 0.4) is 0 Å². The molecule has 128 valence electrons. The Labute approximate surface area is 143 Å². The average Bonchev–Trinajstić information content (AvgIpc) is 2.97. The fourth-order valence-corrected chi connectivity index (χ4v) is 3.83. The second-order valence-electron chi connectivity index (χ2n) is 6.67. The fraction of sp³-hybridized carbons (Fsp3) is 0.611. The molecule has 5 heteroatoms. The minimum absolute atomic E-state index is 0.00443. The minimum atomic E-state index is -0.441. The van der Waals surface area contributed by atoms with E-state index in [9.17, 15) is 9.90 Å². The van der Waals surface area contributed by atoms with Crippen molar-refractivity contribution in [3.05, 3.63) is 29.3 Å². The number of aliphatic hydroxyl groups excluding tert-OH is 1. The van der Waals surface area contributed by atoms with Crippen LogP contribution < -0.4 is 10.6 Å². The van der Waals surface area contributed by atoms with Crippen molar-refractivity contribution in [3.8, 4) is 0 Å². The van der Waals surface area contributed by atoms with Crippen molar-refractivity contribution >= 4 is 23.5 Å². The second kappa shape index (κ2) is 8.06. The van der Waals surface area contributed by atoms with Gasteiger partial charge in [0.05, 0.1) is 12.1 Å². The predicted octanol–water partition coefficient (Wildman–Crippen LogP) is 4.06. The molecule has 0 aromatic heterocycles. The number of carbonyl (C=O) groups is 1. The lowest BCUT2D eigenvalue weighted by molar-refractivity contribution is 0.167. The van der Waals surface area contributed by atoms with Crippen LogP contribution >= 0.6 is 11.8 Å². The molecular formula is C18H28N2O2S. The molecule has 1 aromatic rings. The van der Waals surface area contributed by atoms with Crippen LogP contribution in [0.4, 0.5) is 10.5 Å². The topological polar surface area (TPSA) is 61.4 Å². The lowest BCUT2D eigenvalue weighted by atomic mass is 9.99. The molecule has 0 heterocycles. The van der Waals surface area contributed by atoms with Crippen LogP contribution in [0.15, 0.2) is 18.2 Å². The van der Waals surface area contributed by atoms with E-state index < -0.39 is 5.54 Å². The lowest BCUT2D eigenvalue weighted by Crippen LogP contribution is -2.50. The molecule has 23 heavy (non-hydrogen) atoms. The Morgan fingerprint density at radius 3 is 2.65 bits per heavy atom. The molecule has 1 saturated carbocycles. The largest absolute Gasteiger partial charge is 0.394 e. The van der Waals surface area contributed by atoms with E-state index in [1.54, 1.807) is 0 Å². The van der Waals surface area contributed by atoms with Crippen LogP contribution in [0.2, 0.25) is 0 Å². The van der Waals surface area contributed by atoms with Crippen LogP contribution in [0.1, 0.15) is 50.7 Å². The van der Waals surface area contributed by atoms with E-state index in [1.165, 1.54) is 5.56 Å². The molecule has 3 N–H and O–H groups in total. The maximum atomic E-state index is 12.3. The first-order valence-electron chi connectivity index (χ1n) is 8.36. The Bertz CT molecular complexity index is 540. The Balaban J connectivity index is 2.01. The molecule has 1 aromatic carbocycles. The van der Waals surface area contributed by atoms with Gasteiger partial charge in [-0.05, 0) is 42.2 Å². The quantitative estimate of drug-likeness (QED) is 0.734. The number of aliphatic hydroxyl groups is 1. The Kier molecular flexibility index (Phi) is 6.36. The van der Waals surface area contributed by atoms with Crippen LogP contribution in [-0.4, -0.2) is 28.5 Å². The number of hydrogen-bond acceptors (Lipinski definition) is 3. The zero-order valence-corrected chi connectivity index (χ0v) is 15.1. The molecular weight excluding hydrogens is 308 g/mol. The van der Waals surface area contributed by atoms with E-state index in [1.807, 2.05) is 30.8 Å². The molecule has 0 bridgehead atoms. The third kappa shape index (κ3) is 4.88. The summed E-state index contributed by atoms with van der Waals surface area (Å²) in [5, 5.41) is 16.1. The van der Waals surface area contributed by atoms with Crippen molar-refractivity contribution in [1.82, 2.24) is 5.32 Å². The van der Waals surface area contributed by atoms with Gasteiger partial charge in [0.25, 0.3) is 0 Å². The molecule has 2 amide bonds. The second-order valence-corrected chi connectivity index (χ2v) is 8.24. The molecule has 1 aliphatic carbocycles. The van der Waals surface area contributed by atoms with E-state index in [-0.39, 0.29) is 12.6 Å². The number of benzene rings is 1. The van der Waals surface area contributed by atoms with Gasteiger partial charge >= 0.3 is 6.03 Å². The van der Waals surface area contributed by atoms with Gasteiger partial charge in [-0.3, -0.25) is 0 Å². The Morgan fingerprint density at radius 2 is 2.04 bits per heavy atom. The number of thioether (sulfide) groups is 1. The Morgan fingerprint density at radius 1 is 1.35 bits per heavy atom.